The number of nitrogens with zero attached hydrogens (tertiary/aromatic N) is 2. The maximum absolute atomic E-state index is 5.34. The Kier molecular flexibility index (Phi) is 1.95. The zero-order valence-corrected chi connectivity index (χ0v) is 8.96. The van der Waals surface area contributed by atoms with Gasteiger partial charge in [-0.1, -0.05) is 0 Å². The van der Waals surface area contributed by atoms with Gasteiger partial charge in [-0.2, -0.15) is 5.10 Å². The predicted molar refractivity (Wildman–Crippen MR) is 56.7 cm³/mol. The Morgan fingerprint density at radius 2 is 2.07 bits per heavy atom. The van der Waals surface area contributed by atoms with Gasteiger partial charge in [0, 0.05) is 24.2 Å². The first-order chi connectivity index (χ1) is 6.63. The first-order valence-electron chi connectivity index (χ1n) is 4.61. The van der Waals surface area contributed by atoms with Crippen molar-refractivity contribution in [2.45, 2.75) is 13.8 Å². The highest BCUT2D eigenvalue weighted by Gasteiger charge is 2.10. The van der Waals surface area contributed by atoms with Gasteiger partial charge in [0.25, 0.3) is 0 Å². The van der Waals surface area contributed by atoms with Gasteiger partial charge >= 0.3 is 0 Å². The van der Waals surface area contributed by atoms with E-state index in [1.54, 1.807) is 7.11 Å². The summed E-state index contributed by atoms with van der Waals surface area (Å²) < 4.78 is 7.17. The smallest absolute Gasteiger partial charge is 0.126 e. The monoisotopic (exact) mass is 190 g/mol. The molecule has 0 radical (unpaired) electrons. The first-order valence-corrected chi connectivity index (χ1v) is 4.61. The molecule has 3 heteroatoms. The van der Waals surface area contributed by atoms with E-state index in [1.165, 1.54) is 5.39 Å². The van der Waals surface area contributed by atoms with Crippen LogP contribution in [-0.2, 0) is 7.05 Å². The zero-order valence-electron chi connectivity index (χ0n) is 8.96. The molecule has 0 aliphatic carbocycles. The molecule has 0 saturated carbocycles. The molecule has 2 aromatic rings. The summed E-state index contributed by atoms with van der Waals surface area (Å²) in [5.41, 5.74) is 3.29. The molecule has 3 nitrogen and oxygen atoms in total. The summed E-state index contributed by atoms with van der Waals surface area (Å²) in [5, 5.41) is 5.57. The minimum absolute atomic E-state index is 0.941. The fourth-order valence-corrected chi connectivity index (χ4v) is 1.92. The number of ether oxygens (including phenoxy) is 1. The Morgan fingerprint density at radius 1 is 1.36 bits per heavy atom. The van der Waals surface area contributed by atoms with E-state index in [0.717, 1.165) is 22.4 Å². The minimum atomic E-state index is 0.941. The highest BCUT2D eigenvalue weighted by atomic mass is 16.5. The Labute approximate surface area is 83.3 Å². The van der Waals surface area contributed by atoms with Gasteiger partial charge in [0.05, 0.1) is 12.6 Å². The first kappa shape index (κ1) is 9.06. The van der Waals surface area contributed by atoms with Crippen LogP contribution in [0.1, 0.15) is 11.1 Å². The average Bonchev–Trinajstić information content (AvgIpc) is 2.47. The van der Waals surface area contributed by atoms with E-state index in [-0.39, 0.29) is 0 Å². The van der Waals surface area contributed by atoms with Crippen LogP contribution in [0.2, 0.25) is 0 Å². The van der Waals surface area contributed by atoms with Gasteiger partial charge in [0.15, 0.2) is 0 Å². The van der Waals surface area contributed by atoms with Crippen LogP contribution in [0.25, 0.3) is 10.9 Å². The highest BCUT2D eigenvalue weighted by Crippen LogP contribution is 2.29. The molecule has 0 aliphatic rings. The molecule has 0 aliphatic heterocycles. The highest BCUT2D eigenvalue weighted by molar-refractivity contribution is 5.84. The number of aromatic nitrogens is 2. The topological polar surface area (TPSA) is 27.1 Å². The Morgan fingerprint density at radius 3 is 2.71 bits per heavy atom. The maximum Gasteiger partial charge on any atom is 0.126 e. The molecule has 14 heavy (non-hydrogen) atoms. The van der Waals surface area contributed by atoms with Crippen LogP contribution in [0.5, 0.6) is 5.75 Å². The summed E-state index contributed by atoms with van der Waals surface area (Å²) in [6.07, 6.45) is 2.02. The third kappa shape index (κ3) is 1.16. The molecule has 1 aromatic carbocycles. The molecule has 0 spiro atoms. The van der Waals surface area contributed by atoms with Crippen molar-refractivity contribution in [2.24, 2.45) is 7.05 Å². The number of methoxy groups -OCH3 is 1. The summed E-state index contributed by atoms with van der Waals surface area (Å²) in [6, 6.07) is 2.11. The summed E-state index contributed by atoms with van der Waals surface area (Å²) in [5.74, 6) is 0.941. The normalized spacial score (nSPS) is 10.9. The molecule has 0 fully saturated rings. The molecule has 0 atom stereocenters. The van der Waals surface area contributed by atoms with Crippen molar-refractivity contribution >= 4 is 10.9 Å². The molecule has 0 unspecified atom stereocenters. The lowest BCUT2D eigenvalue weighted by Crippen LogP contribution is -1.92. The van der Waals surface area contributed by atoms with Gasteiger partial charge in [-0.3, -0.25) is 4.68 Å². The maximum atomic E-state index is 5.34. The van der Waals surface area contributed by atoms with Crippen molar-refractivity contribution in [1.82, 2.24) is 9.78 Å². The summed E-state index contributed by atoms with van der Waals surface area (Å²) in [6.45, 7) is 4.10. The molecule has 2 rings (SSSR count). The fraction of sp³-hybridized carbons (Fsp3) is 0.364. The van der Waals surface area contributed by atoms with E-state index < -0.39 is 0 Å². The molecule has 1 heterocycles. The molecule has 0 bridgehead atoms. The number of hydrogen-bond donors (Lipinski definition) is 0. The van der Waals surface area contributed by atoms with Crippen LogP contribution in [-0.4, -0.2) is 16.9 Å². The Balaban J connectivity index is 2.84. The molecule has 0 amide bonds. The van der Waals surface area contributed by atoms with Gasteiger partial charge in [-0.15, -0.1) is 0 Å². The predicted octanol–water partition coefficient (Wildman–Crippen LogP) is 2.20. The summed E-state index contributed by atoms with van der Waals surface area (Å²) >= 11 is 0. The van der Waals surface area contributed by atoms with Gasteiger partial charge in [-0.25, -0.2) is 0 Å². The van der Waals surface area contributed by atoms with E-state index in [4.69, 9.17) is 4.74 Å². The molecular formula is C11H14N2O. The second-order valence-electron chi connectivity index (χ2n) is 3.59. The minimum Gasteiger partial charge on any atom is -0.496 e. The van der Waals surface area contributed by atoms with Crippen LogP contribution in [0.15, 0.2) is 12.3 Å². The Bertz CT molecular complexity index is 485. The molecular weight excluding hydrogens is 176 g/mol. The lowest BCUT2D eigenvalue weighted by molar-refractivity contribution is 0.409. The average molecular weight is 190 g/mol. The SMILES string of the molecule is COc1c(C)cc2cn(C)nc2c1C. The fourth-order valence-electron chi connectivity index (χ4n) is 1.92. The van der Waals surface area contributed by atoms with E-state index >= 15 is 0 Å². The number of benzene rings is 1. The summed E-state index contributed by atoms with van der Waals surface area (Å²) in [7, 11) is 3.63. The lowest BCUT2D eigenvalue weighted by atomic mass is 10.1. The van der Waals surface area contributed by atoms with Crippen LogP contribution >= 0.6 is 0 Å². The molecule has 1 aromatic heterocycles. The van der Waals surface area contributed by atoms with E-state index in [9.17, 15) is 0 Å². The quantitative estimate of drug-likeness (QED) is 0.689. The van der Waals surface area contributed by atoms with E-state index in [2.05, 4.69) is 18.1 Å². The number of hydrogen-bond acceptors (Lipinski definition) is 2. The lowest BCUT2D eigenvalue weighted by Gasteiger charge is -2.07. The molecule has 0 N–H and O–H groups in total. The third-order valence-corrected chi connectivity index (χ3v) is 2.49. The zero-order chi connectivity index (χ0) is 10.3. The van der Waals surface area contributed by atoms with E-state index in [0.29, 0.717) is 0 Å². The van der Waals surface area contributed by atoms with Crippen LogP contribution in [0.3, 0.4) is 0 Å². The standard InChI is InChI=1S/C11H14N2O/c1-7-5-9-6-13(3)12-10(9)8(2)11(7)14-4/h5-6H,1-4H3. The van der Waals surface area contributed by atoms with E-state index in [1.807, 2.05) is 24.9 Å². The van der Waals surface area contributed by atoms with Crippen molar-refractivity contribution in [3.8, 4) is 5.75 Å². The number of aryl methyl sites for hydroxylation is 3. The van der Waals surface area contributed by atoms with Gasteiger partial charge < -0.3 is 4.74 Å². The van der Waals surface area contributed by atoms with Crippen LogP contribution in [0, 0.1) is 13.8 Å². The molecule has 0 saturated heterocycles. The van der Waals surface area contributed by atoms with Gasteiger partial charge in [0.2, 0.25) is 0 Å². The van der Waals surface area contributed by atoms with Crippen molar-refractivity contribution in [1.29, 1.82) is 0 Å². The molecule has 74 valence electrons. The van der Waals surface area contributed by atoms with Crippen molar-refractivity contribution in [3.05, 3.63) is 23.4 Å². The van der Waals surface area contributed by atoms with Crippen LogP contribution < -0.4 is 4.74 Å². The largest absolute Gasteiger partial charge is 0.496 e. The van der Waals surface area contributed by atoms with Crippen molar-refractivity contribution in [3.63, 3.8) is 0 Å². The number of fused-ring (bicyclic) bond motifs is 1. The summed E-state index contributed by atoms with van der Waals surface area (Å²) in [4.78, 5) is 0. The van der Waals surface area contributed by atoms with Crippen molar-refractivity contribution in [2.75, 3.05) is 7.11 Å². The van der Waals surface area contributed by atoms with Crippen LogP contribution in [0.4, 0.5) is 0 Å². The second kappa shape index (κ2) is 3.01. The van der Waals surface area contributed by atoms with Crippen molar-refractivity contribution < 1.29 is 4.74 Å². The third-order valence-electron chi connectivity index (χ3n) is 2.49. The van der Waals surface area contributed by atoms with Gasteiger partial charge in [-0.05, 0) is 25.5 Å². The van der Waals surface area contributed by atoms with Gasteiger partial charge in [0.1, 0.15) is 5.75 Å². The Hall–Kier alpha value is -1.51. The second-order valence-corrected chi connectivity index (χ2v) is 3.59. The number of rotatable bonds is 1.